The third kappa shape index (κ3) is 3.86. The van der Waals surface area contributed by atoms with Crippen molar-refractivity contribution in [2.45, 2.75) is 39.7 Å². The summed E-state index contributed by atoms with van der Waals surface area (Å²) >= 11 is 1.49. The van der Waals surface area contributed by atoms with Gasteiger partial charge in [0.2, 0.25) is 10.8 Å². The fraction of sp³-hybridized carbons (Fsp3) is 0.476. The first-order chi connectivity index (χ1) is 14.0. The van der Waals surface area contributed by atoms with E-state index in [2.05, 4.69) is 41.3 Å². The van der Waals surface area contributed by atoms with Crippen molar-refractivity contribution in [3.8, 4) is 5.88 Å². The summed E-state index contributed by atoms with van der Waals surface area (Å²) in [6, 6.07) is 8.40. The van der Waals surface area contributed by atoms with Gasteiger partial charge in [0.15, 0.2) is 6.04 Å². The molecule has 3 heterocycles. The van der Waals surface area contributed by atoms with E-state index >= 15 is 0 Å². The molecule has 29 heavy (non-hydrogen) atoms. The van der Waals surface area contributed by atoms with Gasteiger partial charge < -0.3 is 14.7 Å². The number of benzene rings is 1. The van der Waals surface area contributed by atoms with E-state index in [0.717, 1.165) is 36.4 Å². The topological polar surface area (TPSA) is 81.2 Å². The Bertz CT molecular complexity index is 1020. The zero-order valence-corrected chi connectivity index (χ0v) is 17.8. The van der Waals surface area contributed by atoms with E-state index in [-0.39, 0.29) is 23.8 Å². The summed E-state index contributed by atoms with van der Waals surface area (Å²) in [7, 11) is 0. The number of esters is 1. The predicted molar refractivity (Wildman–Crippen MR) is 110 cm³/mol. The number of carbonyl (C=O) groups excluding carboxylic acids is 1. The van der Waals surface area contributed by atoms with Gasteiger partial charge in [-0.05, 0) is 26.8 Å². The summed E-state index contributed by atoms with van der Waals surface area (Å²) in [5, 5.41) is 15.3. The summed E-state index contributed by atoms with van der Waals surface area (Å²) in [5.74, 6) is 0.691. The average Bonchev–Trinajstić information content (AvgIpc) is 3.20. The van der Waals surface area contributed by atoms with Crippen molar-refractivity contribution in [2.24, 2.45) is 5.92 Å². The van der Waals surface area contributed by atoms with Crippen LogP contribution in [0.25, 0.3) is 4.96 Å². The van der Waals surface area contributed by atoms with Crippen LogP contribution < -0.4 is 4.90 Å². The number of aromatic nitrogens is 3. The van der Waals surface area contributed by atoms with Crippen LogP contribution in [0, 0.1) is 19.8 Å². The molecule has 0 unspecified atom stereocenters. The fourth-order valence-electron chi connectivity index (χ4n) is 4.23. The number of likely N-dealkylation sites (tertiary alicyclic amines) is 1. The Morgan fingerprint density at radius 3 is 2.79 bits per heavy atom. The molecule has 3 aromatic rings. The number of rotatable bonds is 5. The van der Waals surface area contributed by atoms with E-state index in [1.807, 2.05) is 13.8 Å². The summed E-state index contributed by atoms with van der Waals surface area (Å²) in [5.41, 5.74) is 2.34. The van der Waals surface area contributed by atoms with Crippen molar-refractivity contribution in [1.29, 1.82) is 0 Å². The van der Waals surface area contributed by atoms with Gasteiger partial charge in [-0.1, -0.05) is 35.1 Å². The van der Waals surface area contributed by atoms with Crippen LogP contribution in [-0.4, -0.2) is 45.4 Å². The molecule has 0 spiro atoms. The Morgan fingerprint density at radius 2 is 2.14 bits per heavy atom. The third-order valence-electron chi connectivity index (χ3n) is 5.60. The van der Waals surface area contributed by atoms with Gasteiger partial charge in [-0.15, -0.1) is 5.10 Å². The van der Waals surface area contributed by atoms with Crippen LogP contribution >= 0.6 is 11.3 Å². The molecule has 0 aliphatic carbocycles. The molecule has 2 aromatic heterocycles. The number of aryl methyl sites for hydroxylation is 2. The molecule has 154 valence electrons. The van der Waals surface area contributed by atoms with Crippen molar-refractivity contribution in [3.63, 3.8) is 0 Å². The summed E-state index contributed by atoms with van der Waals surface area (Å²) in [6.07, 6.45) is 1.58. The van der Waals surface area contributed by atoms with Crippen LogP contribution in [0.5, 0.6) is 5.88 Å². The molecule has 1 atom stereocenters. The number of quaternary nitrogens is 1. The molecular formula is C21H27N4O3S+. The van der Waals surface area contributed by atoms with Crippen LogP contribution in [0.2, 0.25) is 0 Å². The SMILES string of the molecule is CCOC(=O)C1CC[NH+]([C@@H](c2cccc(C)c2)c2sc3nc(C)nn3c2O)CC1. The number of nitrogens with one attached hydrogen (secondary N) is 1. The normalized spacial score (nSPS) is 20.7. The number of ether oxygens (including phenoxy) is 1. The molecule has 0 saturated carbocycles. The van der Waals surface area contributed by atoms with Gasteiger partial charge in [0.05, 0.1) is 25.6 Å². The number of hydrogen-bond acceptors (Lipinski definition) is 6. The Morgan fingerprint density at radius 1 is 1.38 bits per heavy atom. The van der Waals surface area contributed by atoms with Gasteiger partial charge in [-0.2, -0.15) is 4.52 Å². The second-order valence-electron chi connectivity index (χ2n) is 7.68. The monoisotopic (exact) mass is 415 g/mol. The quantitative estimate of drug-likeness (QED) is 0.624. The lowest BCUT2D eigenvalue weighted by Gasteiger charge is -2.33. The molecule has 0 bridgehead atoms. The Labute approximate surface area is 173 Å². The molecule has 1 aliphatic heterocycles. The maximum Gasteiger partial charge on any atom is 0.309 e. The molecule has 0 radical (unpaired) electrons. The minimum Gasteiger partial charge on any atom is -0.492 e. The van der Waals surface area contributed by atoms with Gasteiger partial charge in [-0.3, -0.25) is 4.79 Å². The largest absolute Gasteiger partial charge is 0.492 e. The third-order valence-corrected chi connectivity index (χ3v) is 6.68. The van der Waals surface area contributed by atoms with Gasteiger partial charge in [0.1, 0.15) is 10.7 Å². The smallest absolute Gasteiger partial charge is 0.309 e. The highest BCUT2D eigenvalue weighted by Gasteiger charge is 2.37. The van der Waals surface area contributed by atoms with Crippen molar-refractivity contribution in [2.75, 3.05) is 19.7 Å². The second-order valence-corrected chi connectivity index (χ2v) is 8.68. The number of piperidine rings is 1. The first-order valence-electron chi connectivity index (χ1n) is 10.1. The molecule has 0 amide bonds. The van der Waals surface area contributed by atoms with E-state index in [1.165, 1.54) is 26.3 Å². The van der Waals surface area contributed by atoms with Crippen LogP contribution in [0.15, 0.2) is 24.3 Å². The van der Waals surface area contributed by atoms with E-state index < -0.39 is 0 Å². The van der Waals surface area contributed by atoms with Crippen molar-refractivity contribution < 1.29 is 19.5 Å². The molecular weight excluding hydrogens is 388 g/mol. The Balaban J connectivity index is 1.67. The molecule has 1 saturated heterocycles. The summed E-state index contributed by atoms with van der Waals surface area (Å²) < 4.78 is 6.75. The number of fused-ring (bicyclic) bond motifs is 1. The second kappa shape index (κ2) is 8.12. The molecule has 1 aromatic carbocycles. The minimum atomic E-state index is -0.0872. The summed E-state index contributed by atoms with van der Waals surface area (Å²) in [4.78, 5) is 19.5. The molecule has 1 fully saturated rings. The maximum atomic E-state index is 12.1. The van der Waals surface area contributed by atoms with E-state index in [4.69, 9.17) is 4.74 Å². The van der Waals surface area contributed by atoms with Crippen LogP contribution in [0.4, 0.5) is 0 Å². The van der Waals surface area contributed by atoms with Crippen LogP contribution in [-0.2, 0) is 9.53 Å². The molecule has 7 nitrogen and oxygen atoms in total. The highest BCUT2D eigenvalue weighted by atomic mass is 32.1. The molecule has 2 N–H and O–H groups in total. The van der Waals surface area contributed by atoms with Gasteiger partial charge in [0, 0.05) is 18.4 Å². The molecule has 8 heteroatoms. The van der Waals surface area contributed by atoms with Crippen LogP contribution in [0.3, 0.4) is 0 Å². The maximum absolute atomic E-state index is 12.1. The lowest BCUT2D eigenvalue weighted by molar-refractivity contribution is -0.930. The Hall–Kier alpha value is -2.45. The number of hydrogen-bond donors (Lipinski definition) is 2. The highest BCUT2D eigenvalue weighted by molar-refractivity contribution is 7.17. The van der Waals surface area contributed by atoms with Gasteiger partial charge in [0.25, 0.3) is 0 Å². The van der Waals surface area contributed by atoms with E-state index in [1.54, 1.807) is 0 Å². The number of nitrogens with zero attached hydrogens (tertiary/aromatic N) is 3. The zero-order valence-electron chi connectivity index (χ0n) is 17.0. The van der Waals surface area contributed by atoms with Gasteiger partial charge in [-0.25, -0.2) is 4.98 Å². The van der Waals surface area contributed by atoms with E-state index in [9.17, 15) is 9.90 Å². The lowest BCUT2D eigenvalue weighted by Crippen LogP contribution is -3.13. The summed E-state index contributed by atoms with van der Waals surface area (Å²) in [6.45, 7) is 7.85. The predicted octanol–water partition coefficient (Wildman–Crippen LogP) is 2.06. The van der Waals surface area contributed by atoms with Gasteiger partial charge >= 0.3 is 5.97 Å². The van der Waals surface area contributed by atoms with Crippen molar-refractivity contribution in [1.82, 2.24) is 14.6 Å². The van der Waals surface area contributed by atoms with E-state index in [0.29, 0.717) is 17.4 Å². The van der Waals surface area contributed by atoms with Crippen LogP contribution in [0.1, 0.15) is 47.6 Å². The Kier molecular flexibility index (Phi) is 5.56. The van der Waals surface area contributed by atoms with Crippen molar-refractivity contribution >= 4 is 22.3 Å². The lowest BCUT2D eigenvalue weighted by atomic mass is 9.93. The van der Waals surface area contributed by atoms with Crippen molar-refractivity contribution in [3.05, 3.63) is 46.1 Å². The first-order valence-corrected chi connectivity index (χ1v) is 10.9. The number of carbonyl (C=O) groups is 1. The zero-order chi connectivity index (χ0) is 20.5. The average molecular weight is 416 g/mol. The standard InChI is InChI=1S/C21H26N4O3S/c1-4-28-20(27)15-8-10-24(11-9-15)17(16-7-5-6-13(2)12-16)18-19(26)25-21(29-18)22-14(3)23-25/h5-7,12,15,17,26H,4,8-11H2,1-3H3/p+1/t17-/m0/s1. The number of aromatic hydroxyl groups is 1. The highest BCUT2D eigenvalue weighted by Crippen LogP contribution is 2.35. The molecule has 4 rings (SSSR count). The first kappa shape index (κ1) is 19.8. The molecule has 1 aliphatic rings. The number of thiazole rings is 1. The fourth-order valence-corrected chi connectivity index (χ4v) is 5.42. The minimum absolute atomic E-state index is 0.0214.